The number of carbonyl (C=O) groups is 2. The number of methoxy groups -OCH3 is 1. The predicted molar refractivity (Wildman–Crippen MR) is 247 cm³/mol. The van der Waals surface area contributed by atoms with Crippen LogP contribution in [0.5, 0.6) is 0 Å². The average Bonchev–Trinajstić information content (AvgIpc) is 3.26. The van der Waals surface area contributed by atoms with Crippen molar-refractivity contribution in [3.63, 3.8) is 0 Å². The Morgan fingerprint density at radius 1 is 0.704 bits per heavy atom. The molecule has 1 N–H and O–H groups in total. The summed E-state index contributed by atoms with van der Waals surface area (Å²) in [5, 5.41) is 19.4. The molecule has 0 aliphatic heterocycles. The molecule has 10 unspecified atom stereocenters. The van der Waals surface area contributed by atoms with Crippen LogP contribution in [0, 0.1) is 381 Å². The van der Waals surface area contributed by atoms with Gasteiger partial charge in [0.2, 0.25) is 0 Å². The first kappa shape index (κ1) is 111. The Balaban J connectivity index is -0.0000000116. The third kappa shape index (κ3) is 250. The second-order valence-corrected chi connectivity index (χ2v) is 6.10. The summed E-state index contributed by atoms with van der Waals surface area (Å²) in [4.78, 5) is 27.4. The van der Waals surface area contributed by atoms with Crippen LogP contribution in [0.2, 0.25) is 0 Å². The van der Waals surface area contributed by atoms with Gasteiger partial charge in [-0.1, -0.05) is 22.3 Å². The second kappa shape index (κ2) is 185. The zero-order valence-corrected chi connectivity index (χ0v) is 67.9. The smallest absolute Gasteiger partial charge is 0.101 e. The van der Waals surface area contributed by atoms with Crippen LogP contribution in [-0.2, 0) is 19.1 Å². The minimum absolute atomic E-state index is 0. The standard InChI is InChI=1S/2C3H6N3O.2C3H6N3S.2C2H3O.CH3O.CH3S.8Nd.8H3P/c4*1-3(7-2)5-6-4;2*1-2-3;2*1-2;;;;;;;;;;;;;;;;/h3H,2H2,1H3;3H,1H2,2H3;3H,2H2,1H3;3H,1H2,2H3;2*2H,1H2;2*2H,1H2;;;;;;;;;8*1H3/q8*-1;;;;;;;;;;;;;;;;/t3-;;3-;;;;;;;;;;;;;;;;;;;;;/m0.0...................../s1/i;;;;;;;;;;;;;;;;8*1T. The van der Waals surface area contributed by atoms with E-state index in [0.717, 1.165) is 0 Å². The topological polar surface area (TPSA) is 268 Å². The SMILES string of the molecule is [3H]P.[3H]P.[3H]P.[3H]P.[3H]P.[3H]P.[3H]P.[3H]P.[CH2-]C(N=[N+]=[N-])OC.[CH2-]C(N=[N+]=[N-])SC.[CH2-]C=O.[CH2-]C=O.[CH2-]O.[CH2-]O[C@@H](C)N=[N+]=[N-].[CH2-]S.[CH2-]S[C@@H](C)N=[N+]=[N-].[Nd].[Nd].[Nd].[Nd].[Nd].[Nd].[Nd].[Nd]. The van der Waals surface area contributed by atoms with E-state index in [1.165, 1.54) is 30.6 Å². The van der Waals surface area contributed by atoms with Crippen LogP contribution in [0.15, 0.2) is 20.5 Å². The molecule has 0 saturated heterocycles. The minimum Gasteiger partial charge on any atom is -0.569 e. The molecule has 0 fully saturated rings. The molecule has 0 aromatic rings. The number of thiol groups is 1. The molecule has 0 aromatic carbocycles. The predicted octanol–water partition coefficient (Wildman–Crippen LogP) is 7.90. The molecule has 0 rings (SSSR count). The minimum atomic E-state index is -0.593. The van der Waals surface area contributed by atoms with E-state index in [0.29, 0.717) is 12.6 Å². The molecule has 0 saturated carbocycles. The number of thioether (sulfide) groups is 2. The van der Waals surface area contributed by atoms with Gasteiger partial charge in [-0.05, 0) is 58.2 Å². The molecule has 36 heteroatoms. The molecule has 17 nitrogen and oxygen atoms in total. The Morgan fingerprint density at radius 2 is 0.944 bits per heavy atom. The largest absolute Gasteiger partial charge is 0.569 e. The Bertz CT molecular complexity index is 638. The Kier molecular flexibility index (Phi) is 381. The third-order valence-electron chi connectivity index (χ3n) is 1.82. The van der Waals surface area contributed by atoms with Gasteiger partial charge in [-0.2, -0.15) is 90.5 Å². The molecule has 0 aliphatic rings. The number of ether oxygens (including phenoxy) is 2. The molecule has 12 atom stereocenters. The monoisotopic (exact) mass is 2020 g/mol. The average molecular weight is 2040 g/mol. The van der Waals surface area contributed by atoms with Gasteiger partial charge in [0.05, 0.1) is 15.6 Å². The van der Waals surface area contributed by atoms with Crippen molar-refractivity contribution in [2.75, 3.05) is 13.4 Å². The molecule has 0 amide bonds. The van der Waals surface area contributed by atoms with Crippen LogP contribution in [0.25, 0.3) is 41.8 Å². The molecule has 320 valence electrons. The normalized spacial score (nSPS) is 8.07. The summed E-state index contributed by atoms with van der Waals surface area (Å²) in [6.07, 6.45) is 8.19. The Morgan fingerprint density at radius 3 is 1.02 bits per heavy atom. The zero-order chi connectivity index (χ0) is 48.2. The van der Waals surface area contributed by atoms with Gasteiger partial charge in [-0.3, -0.25) is 12.5 Å². The first-order valence-electron chi connectivity index (χ1n) is 13.5. The molecule has 0 bridgehead atoms. The van der Waals surface area contributed by atoms with E-state index in [9.17, 15) is 0 Å². The van der Waals surface area contributed by atoms with E-state index in [-0.39, 0.29) is 337 Å². The molecule has 0 heterocycles. The van der Waals surface area contributed by atoms with E-state index in [1.54, 1.807) is 92.6 Å². The second-order valence-electron chi connectivity index (χ2n) is 4.07. The molecular formula is C18H60N12Nd8O5P8S3-8. The third-order valence-corrected chi connectivity index (χ3v) is 3.03. The van der Waals surface area contributed by atoms with Crippen LogP contribution in [0.4, 0.5) is 0 Å². The fraction of sp³-hybridized carbons (Fsp3) is 0.444. The summed E-state index contributed by atoms with van der Waals surface area (Å²) in [6, 6.07) is 0. The van der Waals surface area contributed by atoms with Crippen molar-refractivity contribution >= 4 is 127 Å². The number of aliphatic hydroxyl groups excluding tert-OH is 1. The maximum absolute atomic E-state index is 8.69. The van der Waals surface area contributed by atoms with Gasteiger partial charge in [-0.25, -0.2) is 14.2 Å². The van der Waals surface area contributed by atoms with E-state index < -0.39 is 12.5 Å². The summed E-state index contributed by atoms with van der Waals surface area (Å²) < 4.78 is 54.1. The van der Waals surface area contributed by atoms with Crippen molar-refractivity contribution in [1.82, 2.24) is 0 Å². The van der Waals surface area contributed by atoms with Gasteiger partial charge >= 0.3 is 0 Å². The van der Waals surface area contributed by atoms with Crippen LogP contribution in [-0.4, -0.2) is 64.5 Å². The van der Waals surface area contributed by atoms with Crippen molar-refractivity contribution in [3.05, 3.63) is 96.2 Å². The number of rotatable bonds is 8. The maximum Gasteiger partial charge on any atom is 0.101 e. The first-order chi connectivity index (χ1) is 26.1. The maximum atomic E-state index is 8.69. The number of carbonyl (C=O) groups excluding carboxylic acids is 2. The van der Waals surface area contributed by atoms with Gasteiger partial charge in [0.15, 0.2) is 0 Å². The molecular weight excluding hydrogens is 1960 g/mol. The summed E-state index contributed by atoms with van der Waals surface area (Å²) in [5.41, 5.74) is 31.0. The summed E-state index contributed by atoms with van der Waals surface area (Å²) in [5.74, 6) is 0. The van der Waals surface area contributed by atoms with E-state index in [4.69, 9.17) is 47.0 Å². The molecule has 54 heavy (non-hydrogen) atoms. The van der Waals surface area contributed by atoms with Gasteiger partial charge in [0.1, 0.15) is 6.23 Å². The van der Waals surface area contributed by atoms with Crippen molar-refractivity contribution in [1.29, 1.82) is 10.2 Å². The van der Waals surface area contributed by atoms with Gasteiger partial charge in [0.25, 0.3) is 0 Å². The van der Waals surface area contributed by atoms with E-state index in [2.05, 4.69) is 117 Å². The molecule has 0 radical (unpaired) electrons. The van der Waals surface area contributed by atoms with Gasteiger partial charge in [-0.15, -0.1) is 5.11 Å². The number of hydrogen-bond donors (Lipinski definition) is 2. The summed E-state index contributed by atoms with van der Waals surface area (Å²) >= 11 is 5.97. The fourth-order valence-corrected chi connectivity index (χ4v) is 0.667. The molecule has 0 spiro atoms. The summed E-state index contributed by atoms with van der Waals surface area (Å²) in [6.45, 7) is 15.8. The van der Waals surface area contributed by atoms with Crippen LogP contribution in [0.1, 0.15) is 13.8 Å². The van der Waals surface area contributed by atoms with Crippen LogP contribution >= 0.6 is 115 Å². The summed E-state index contributed by atoms with van der Waals surface area (Å²) in [7, 11) is 20.0. The van der Waals surface area contributed by atoms with Crippen molar-refractivity contribution < 1.29 is 351 Å². The van der Waals surface area contributed by atoms with Crippen molar-refractivity contribution in [2.24, 2.45) is 20.5 Å². The Hall–Kier alpha value is 11.5. The van der Waals surface area contributed by atoms with Crippen LogP contribution < -0.4 is 0 Å². The zero-order valence-electron chi connectivity index (χ0n) is 38.5. The number of azide groups is 4. The fourth-order valence-electron chi connectivity index (χ4n) is 0.422. The molecule has 0 aromatic heterocycles. The first-order valence-corrected chi connectivity index (χ1v) is 11.8. The number of hydrogen-bond acceptors (Lipinski definition) is 12. The quantitative estimate of drug-likeness (QED) is 0.0461. The van der Waals surface area contributed by atoms with Gasteiger partial charge in [0, 0.05) is 355 Å². The molecule has 0 aliphatic carbocycles. The number of aldehydes is 2. The van der Waals surface area contributed by atoms with E-state index >= 15 is 0 Å². The van der Waals surface area contributed by atoms with Crippen molar-refractivity contribution in [3.8, 4) is 0 Å². The number of aliphatic hydroxyl groups is 1. The Labute approximate surface area is 640 Å². The van der Waals surface area contributed by atoms with E-state index in [1.807, 2.05) is 6.26 Å². The van der Waals surface area contributed by atoms with Crippen LogP contribution in [0.3, 0.4) is 0 Å². The van der Waals surface area contributed by atoms with Gasteiger partial charge < -0.3 is 76.3 Å². The van der Waals surface area contributed by atoms with Crippen molar-refractivity contribution in [2.45, 2.75) is 37.1 Å². The number of nitrogens with zero attached hydrogens (tertiary/aromatic N) is 12.